The molecule has 0 spiro atoms. The number of carbonyl (C=O) groups is 1. The van der Waals surface area contributed by atoms with Crippen LogP contribution in [-0.2, 0) is 13.0 Å². The predicted molar refractivity (Wildman–Crippen MR) is 96.2 cm³/mol. The van der Waals surface area contributed by atoms with Gasteiger partial charge in [-0.05, 0) is 50.5 Å². The second-order valence-corrected chi connectivity index (χ2v) is 7.08. The largest absolute Gasteiger partial charge is 0.490 e. The number of fused-ring (bicyclic) bond motifs is 1. The van der Waals surface area contributed by atoms with Crippen molar-refractivity contribution in [1.29, 1.82) is 0 Å². The third kappa shape index (κ3) is 3.38. The van der Waals surface area contributed by atoms with Crippen LogP contribution in [0.2, 0.25) is 0 Å². The van der Waals surface area contributed by atoms with Gasteiger partial charge < -0.3 is 19.5 Å². The fourth-order valence-electron chi connectivity index (χ4n) is 3.35. The van der Waals surface area contributed by atoms with Crippen molar-refractivity contribution in [3.05, 3.63) is 35.5 Å². The number of hydrogen-bond donors (Lipinski definition) is 1. The average molecular weight is 356 g/mol. The summed E-state index contributed by atoms with van der Waals surface area (Å²) in [6.07, 6.45) is 4.49. The maximum absolute atomic E-state index is 12.6. The summed E-state index contributed by atoms with van der Waals surface area (Å²) in [5, 5.41) is 6.98. The number of nitrogens with one attached hydrogen (secondary N) is 1. The Bertz CT molecular complexity index is 800. The monoisotopic (exact) mass is 356 g/mol. The van der Waals surface area contributed by atoms with Gasteiger partial charge >= 0.3 is 6.03 Å². The smallest absolute Gasteiger partial charge is 0.322 e. The Kier molecular flexibility index (Phi) is 4.53. The van der Waals surface area contributed by atoms with E-state index >= 15 is 0 Å². The highest BCUT2D eigenvalue weighted by Crippen LogP contribution is 2.35. The second kappa shape index (κ2) is 6.97. The van der Waals surface area contributed by atoms with E-state index in [1.54, 1.807) is 4.90 Å². The number of hydrogen-bond acceptors (Lipinski definition) is 5. The van der Waals surface area contributed by atoms with E-state index in [4.69, 9.17) is 9.26 Å². The zero-order valence-corrected chi connectivity index (χ0v) is 15.2. The van der Waals surface area contributed by atoms with Gasteiger partial charge in [-0.1, -0.05) is 11.6 Å². The van der Waals surface area contributed by atoms with E-state index in [2.05, 4.69) is 15.5 Å². The van der Waals surface area contributed by atoms with Crippen molar-refractivity contribution in [3.8, 4) is 5.75 Å². The van der Waals surface area contributed by atoms with E-state index in [-0.39, 0.29) is 12.1 Å². The minimum Gasteiger partial charge on any atom is -0.490 e. The number of ether oxygens (including phenoxy) is 1. The first-order chi connectivity index (χ1) is 12.6. The van der Waals surface area contributed by atoms with Crippen LogP contribution in [0, 0.1) is 0 Å². The lowest BCUT2D eigenvalue weighted by Gasteiger charge is -2.21. The lowest BCUT2D eigenvalue weighted by Crippen LogP contribution is -2.34. The molecule has 1 aromatic heterocycles. The predicted octanol–water partition coefficient (Wildman–Crippen LogP) is 3.71. The van der Waals surface area contributed by atoms with Gasteiger partial charge in [-0.25, -0.2) is 4.79 Å². The first kappa shape index (κ1) is 16.9. The van der Waals surface area contributed by atoms with Gasteiger partial charge in [-0.15, -0.1) is 0 Å². The molecule has 2 aromatic rings. The van der Waals surface area contributed by atoms with Gasteiger partial charge in [0.15, 0.2) is 5.82 Å². The fraction of sp³-hybridized carbons (Fsp3) is 0.526. The van der Waals surface area contributed by atoms with Gasteiger partial charge in [0.25, 0.3) is 0 Å². The Balaban J connectivity index is 1.39. The van der Waals surface area contributed by atoms with Crippen molar-refractivity contribution in [1.82, 2.24) is 15.0 Å². The first-order valence-corrected chi connectivity index (χ1v) is 9.30. The van der Waals surface area contributed by atoms with Crippen LogP contribution in [0.3, 0.4) is 0 Å². The number of carbonyl (C=O) groups excluding carboxylic acids is 1. The van der Waals surface area contributed by atoms with Crippen LogP contribution in [-0.4, -0.2) is 33.7 Å². The molecule has 1 fully saturated rings. The second-order valence-electron chi connectivity index (χ2n) is 7.08. The molecule has 1 atom stereocenters. The van der Waals surface area contributed by atoms with E-state index in [9.17, 15) is 4.79 Å². The topological polar surface area (TPSA) is 80.5 Å². The number of amides is 2. The van der Waals surface area contributed by atoms with Crippen LogP contribution >= 0.6 is 0 Å². The molecule has 1 aromatic carbocycles. The van der Waals surface area contributed by atoms with Crippen LogP contribution < -0.4 is 10.1 Å². The summed E-state index contributed by atoms with van der Waals surface area (Å²) in [5.41, 5.74) is 1.90. The summed E-state index contributed by atoms with van der Waals surface area (Å²) in [4.78, 5) is 18.7. The third-order valence-electron chi connectivity index (χ3n) is 5.09. The maximum atomic E-state index is 12.6. The molecule has 1 aliphatic heterocycles. The fourth-order valence-corrected chi connectivity index (χ4v) is 3.35. The molecule has 2 aliphatic rings. The lowest BCUT2D eigenvalue weighted by atomic mass is 9.85. The molecule has 1 unspecified atom stereocenters. The molecule has 138 valence electrons. The molecule has 4 rings (SSSR count). The minimum atomic E-state index is -0.172. The number of aromatic nitrogens is 2. The number of benzene rings is 1. The van der Waals surface area contributed by atoms with E-state index < -0.39 is 0 Å². The third-order valence-corrected chi connectivity index (χ3v) is 5.09. The SMILES string of the molecule is CCN(Cc1noc(C2CCC2)n1)C(=O)Nc1ccc2c(c1)CC(C)O2. The average Bonchev–Trinajstić information content (AvgIpc) is 3.16. The number of nitrogens with zero attached hydrogens (tertiary/aromatic N) is 3. The molecule has 0 saturated heterocycles. The van der Waals surface area contributed by atoms with Crippen LogP contribution in [0.1, 0.15) is 56.3 Å². The quantitative estimate of drug-likeness (QED) is 0.883. The first-order valence-electron chi connectivity index (χ1n) is 9.30. The van der Waals surface area contributed by atoms with E-state index in [0.29, 0.717) is 30.7 Å². The van der Waals surface area contributed by atoms with Gasteiger partial charge in [0, 0.05) is 24.6 Å². The van der Waals surface area contributed by atoms with Crippen molar-refractivity contribution < 1.29 is 14.1 Å². The molecule has 7 nitrogen and oxygen atoms in total. The highest BCUT2D eigenvalue weighted by Gasteiger charge is 2.26. The number of urea groups is 1. The molecule has 2 amide bonds. The van der Waals surface area contributed by atoms with Crippen molar-refractivity contribution in [2.75, 3.05) is 11.9 Å². The number of anilines is 1. The Hall–Kier alpha value is -2.57. The maximum Gasteiger partial charge on any atom is 0.322 e. The summed E-state index contributed by atoms with van der Waals surface area (Å²) in [5.74, 6) is 2.56. The van der Waals surface area contributed by atoms with E-state index in [1.807, 2.05) is 32.0 Å². The molecule has 1 saturated carbocycles. The highest BCUT2D eigenvalue weighted by atomic mass is 16.5. The lowest BCUT2D eigenvalue weighted by molar-refractivity contribution is 0.210. The highest BCUT2D eigenvalue weighted by molar-refractivity contribution is 5.89. The molecule has 0 radical (unpaired) electrons. The summed E-state index contributed by atoms with van der Waals surface area (Å²) in [6, 6.07) is 5.59. The molecular weight excluding hydrogens is 332 g/mol. The van der Waals surface area contributed by atoms with Crippen molar-refractivity contribution in [3.63, 3.8) is 0 Å². The summed E-state index contributed by atoms with van der Waals surface area (Å²) < 4.78 is 11.0. The van der Waals surface area contributed by atoms with Crippen LogP contribution in [0.4, 0.5) is 10.5 Å². The Morgan fingerprint density at radius 1 is 1.38 bits per heavy atom. The molecular formula is C19H24N4O3. The zero-order valence-electron chi connectivity index (χ0n) is 15.2. The van der Waals surface area contributed by atoms with E-state index in [1.165, 1.54) is 6.42 Å². The minimum absolute atomic E-state index is 0.172. The molecule has 2 heterocycles. The molecule has 1 N–H and O–H groups in total. The van der Waals surface area contributed by atoms with Crippen LogP contribution in [0.25, 0.3) is 0 Å². The Labute approximate surface area is 152 Å². The van der Waals surface area contributed by atoms with Crippen molar-refractivity contribution in [2.45, 2.75) is 58.1 Å². The standard InChI is InChI=1S/C19H24N4O3/c1-3-23(11-17-21-18(26-22-17)13-5-4-6-13)19(24)20-15-7-8-16-14(10-15)9-12(2)25-16/h7-8,10,12-13H,3-6,9,11H2,1-2H3,(H,20,24). The van der Waals surface area contributed by atoms with Gasteiger partial charge in [-0.2, -0.15) is 4.98 Å². The van der Waals surface area contributed by atoms with Gasteiger partial charge in [0.1, 0.15) is 11.9 Å². The van der Waals surface area contributed by atoms with Crippen molar-refractivity contribution >= 4 is 11.7 Å². The van der Waals surface area contributed by atoms with Crippen LogP contribution in [0.15, 0.2) is 22.7 Å². The Morgan fingerprint density at radius 3 is 2.96 bits per heavy atom. The van der Waals surface area contributed by atoms with E-state index in [0.717, 1.165) is 36.3 Å². The normalized spacial score (nSPS) is 18.8. The van der Waals surface area contributed by atoms with Gasteiger partial charge in [0.05, 0.1) is 6.54 Å². The summed E-state index contributed by atoms with van der Waals surface area (Å²) >= 11 is 0. The molecule has 0 bridgehead atoms. The van der Waals surface area contributed by atoms with Crippen LogP contribution in [0.5, 0.6) is 5.75 Å². The Morgan fingerprint density at radius 2 is 2.23 bits per heavy atom. The summed E-state index contributed by atoms with van der Waals surface area (Å²) in [7, 11) is 0. The molecule has 7 heteroatoms. The van der Waals surface area contributed by atoms with Gasteiger partial charge in [-0.3, -0.25) is 0 Å². The molecule has 1 aliphatic carbocycles. The summed E-state index contributed by atoms with van der Waals surface area (Å²) in [6.45, 7) is 4.87. The van der Waals surface area contributed by atoms with Gasteiger partial charge in [0.2, 0.25) is 5.89 Å². The molecule has 26 heavy (non-hydrogen) atoms. The van der Waals surface area contributed by atoms with Crippen molar-refractivity contribution in [2.24, 2.45) is 0 Å². The number of rotatable bonds is 5. The zero-order chi connectivity index (χ0) is 18.1.